The smallest absolute Gasteiger partial charge is 0.138 e. The molecule has 1 heterocycles. The first kappa shape index (κ1) is 12.5. The van der Waals surface area contributed by atoms with E-state index >= 15 is 0 Å². The molecular weight excluding hydrogens is 254 g/mol. The van der Waals surface area contributed by atoms with Crippen molar-refractivity contribution in [3.8, 4) is 17.1 Å². The summed E-state index contributed by atoms with van der Waals surface area (Å²) in [5, 5.41) is 21.3. The van der Waals surface area contributed by atoms with Crippen molar-refractivity contribution in [1.82, 2.24) is 9.97 Å². The molecular formula is C15H15N3O2. The summed E-state index contributed by atoms with van der Waals surface area (Å²) in [6.07, 6.45) is 0. The third-order valence-corrected chi connectivity index (χ3v) is 3.06. The van der Waals surface area contributed by atoms with E-state index in [2.05, 4.69) is 15.3 Å². The van der Waals surface area contributed by atoms with E-state index in [1.165, 1.54) is 0 Å². The van der Waals surface area contributed by atoms with Crippen LogP contribution in [0.5, 0.6) is 5.75 Å². The van der Waals surface area contributed by atoms with Gasteiger partial charge in [0, 0.05) is 23.9 Å². The number of anilines is 1. The maximum absolute atomic E-state index is 9.45. The third-order valence-electron chi connectivity index (χ3n) is 3.06. The van der Waals surface area contributed by atoms with E-state index in [1.54, 1.807) is 18.2 Å². The highest BCUT2D eigenvalue weighted by atomic mass is 16.3. The first-order valence-corrected chi connectivity index (χ1v) is 6.40. The molecule has 0 saturated heterocycles. The van der Waals surface area contributed by atoms with Crippen molar-refractivity contribution in [3.05, 3.63) is 42.5 Å². The molecule has 0 bridgehead atoms. The number of rotatable bonds is 4. The number of aromatic hydroxyl groups is 1. The van der Waals surface area contributed by atoms with Gasteiger partial charge >= 0.3 is 0 Å². The van der Waals surface area contributed by atoms with Gasteiger partial charge in [0.25, 0.3) is 0 Å². The second-order valence-electron chi connectivity index (χ2n) is 4.51. The minimum absolute atomic E-state index is 0.106. The number of nitrogens with one attached hydrogen (secondary N) is 2. The highest BCUT2D eigenvalue weighted by Crippen LogP contribution is 2.24. The molecule has 0 unspecified atom stereocenters. The van der Waals surface area contributed by atoms with Crippen molar-refractivity contribution in [1.29, 1.82) is 0 Å². The third kappa shape index (κ3) is 2.44. The number of hydrogen-bond acceptors (Lipinski definition) is 4. The van der Waals surface area contributed by atoms with Gasteiger partial charge in [-0.1, -0.05) is 0 Å². The Morgan fingerprint density at radius 2 is 1.90 bits per heavy atom. The molecule has 0 atom stereocenters. The van der Waals surface area contributed by atoms with Crippen molar-refractivity contribution < 1.29 is 10.2 Å². The van der Waals surface area contributed by atoms with Gasteiger partial charge in [0.2, 0.25) is 0 Å². The molecule has 0 aliphatic carbocycles. The summed E-state index contributed by atoms with van der Waals surface area (Å²) < 4.78 is 0. The van der Waals surface area contributed by atoms with E-state index in [1.807, 2.05) is 24.3 Å². The number of phenols is 1. The molecule has 0 amide bonds. The Morgan fingerprint density at radius 3 is 2.65 bits per heavy atom. The number of aliphatic hydroxyl groups is 1. The minimum Gasteiger partial charge on any atom is -0.508 e. The molecule has 3 aromatic rings. The summed E-state index contributed by atoms with van der Waals surface area (Å²) in [5.74, 6) is 0.982. The molecule has 0 spiro atoms. The van der Waals surface area contributed by atoms with Crippen LogP contribution in [0.3, 0.4) is 0 Å². The Morgan fingerprint density at radius 1 is 1.10 bits per heavy atom. The van der Waals surface area contributed by atoms with Crippen LogP contribution in [-0.4, -0.2) is 33.3 Å². The van der Waals surface area contributed by atoms with Gasteiger partial charge in [0.05, 0.1) is 17.6 Å². The highest BCUT2D eigenvalue weighted by Gasteiger charge is 2.05. The molecule has 2 aromatic carbocycles. The van der Waals surface area contributed by atoms with E-state index in [0.29, 0.717) is 6.54 Å². The van der Waals surface area contributed by atoms with Gasteiger partial charge in [-0.05, 0) is 36.4 Å². The van der Waals surface area contributed by atoms with Crippen LogP contribution >= 0.6 is 0 Å². The van der Waals surface area contributed by atoms with Crippen molar-refractivity contribution in [2.45, 2.75) is 0 Å². The molecule has 20 heavy (non-hydrogen) atoms. The predicted octanol–water partition coefficient (Wildman–Crippen LogP) is 2.34. The van der Waals surface area contributed by atoms with Gasteiger partial charge < -0.3 is 20.5 Å². The monoisotopic (exact) mass is 269 g/mol. The number of phenolic OH excluding ortho intramolecular Hbond substituents is 1. The summed E-state index contributed by atoms with van der Waals surface area (Å²) in [4.78, 5) is 7.67. The van der Waals surface area contributed by atoms with Gasteiger partial charge in [0.15, 0.2) is 0 Å². The van der Waals surface area contributed by atoms with Crippen LogP contribution in [0.1, 0.15) is 0 Å². The number of H-pyrrole nitrogens is 1. The molecule has 0 fully saturated rings. The number of aromatic nitrogens is 2. The minimum atomic E-state index is 0.106. The van der Waals surface area contributed by atoms with Crippen molar-refractivity contribution >= 4 is 16.7 Å². The van der Waals surface area contributed by atoms with Crippen molar-refractivity contribution in [3.63, 3.8) is 0 Å². The van der Waals surface area contributed by atoms with Crippen LogP contribution in [0.2, 0.25) is 0 Å². The lowest BCUT2D eigenvalue weighted by Gasteiger charge is -2.04. The van der Waals surface area contributed by atoms with Gasteiger partial charge in [-0.3, -0.25) is 0 Å². The van der Waals surface area contributed by atoms with Crippen LogP contribution in [-0.2, 0) is 0 Å². The van der Waals surface area contributed by atoms with Gasteiger partial charge in [-0.25, -0.2) is 4.98 Å². The molecule has 5 heteroatoms. The topological polar surface area (TPSA) is 81.2 Å². The Labute approximate surface area is 115 Å². The second-order valence-corrected chi connectivity index (χ2v) is 4.51. The summed E-state index contributed by atoms with van der Waals surface area (Å²) >= 11 is 0. The van der Waals surface area contributed by atoms with Gasteiger partial charge in [0.1, 0.15) is 11.6 Å². The Bertz CT molecular complexity index is 720. The average Bonchev–Trinajstić information content (AvgIpc) is 2.88. The lowest BCUT2D eigenvalue weighted by molar-refractivity contribution is 0.311. The van der Waals surface area contributed by atoms with Crippen LogP contribution in [0, 0.1) is 0 Å². The normalized spacial score (nSPS) is 10.8. The fourth-order valence-electron chi connectivity index (χ4n) is 2.08. The van der Waals surface area contributed by atoms with E-state index in [0.717, 1.165) is 28.1 Å². The number of aliphatic hydroxyl groups excluding tert-OH is 1. The van der Waals surface area contributed by atoms with Crippen LogP contribution in [0.15, 0.2) is 42.5 Å². The first-order chi connectivity index (χ1) is 9.76. The summed E-state index contributed by atoms with van der Waals surface area (Å²) in [6.45, 7) is 0.637. The lowest BCUT2D eigenvalue weighted by Crippen LogP contribution is -2.04. The van der Waals surface area contributed by atoms with Gasteiger partial charge in [-0.2, -0.15) is 0 Å². The van der Waals surface area contributed by atoms with E-state index in [9.17, 15) is 5.11 Å². The summed E-state index contributed by atoms with van der Waals surface area (Å²) in [7, 11) is 0. The van der Waals surface area contributed by atoms with E-state index < -0.39 is 0 Å². The number of benzene rings is 2. The van der Waals surface area contributed by atoms with E-state index in [-0.39, 0.29) is 12.4 Å². The zero-order chi connectivity index (χ0) is 13.9. The molecule has 0 aliphatic heterocycles. The maximum atomic E-state index is 9.45. The maximum Gasteiger partial charge on any atom is 0.138 e. The number of imidazole rings is 1. The number of hydrogen-bond donors (Lipinski definition) is 4. The Balaban J connectivity index is 1.90. The Kier molecular flexibility index (Phi) is 3.26. The van der Waals surface area contributed by atoms with Crippen LogP contribution < -0.4 is 5.32 Å². The zero-order valence-electron chi connectivity index (χ0n) is 10.8. The number of fused-ring (bicyclic) bond motifs is 1. The van der Waals surface area contributed by atoms with Crippen molar-refractivity contribution in [2.24, 2.45) is 0 Å². The molecule has 4 N–H and O–H groups in total. The fraction of sp³-hybridized carbons (Fsp3) is 0.133. The molecule has 0 aliphatic rings. The predicted molar refractivity (Wildman–Crippen MR) is 78.8 cm³/mol. The first-order valence-electron chi connectivity index (χ1n) is 6.40. The Hall–Kier alpha value is -2.53. The summed E-state index contributed by atoms with van der Waals surface area (Å²) in [6, 6.07) is 12.8. The fourth-order valence-corrected chi connectivity index (χ4v) is 2.08. The van der Waals surface area contributed by atoms with Crippen LogP contribution in [0.25, 0.3) is 22.4 Å². The average molecular weight is 269 g/mol. The molecule has 5 nitrogen and oxygen atoms in total. The standard InChI is InChI=1S/C15H15N3O2/c19-8-7-16-11-3-1-10(2-4-11)15-17-13-6-5-12(20)9-14(13)18-15/h1-6,9,16,19-20H,7-8H2,(H,17,18). The zero-order valence-corrected chi connectivity index (χ0v) is 10.8. The van der Waals surface area contributed by atoms with Crippen molar-refractivity contribution in [2.75, 3.05) is 18.5 Å². The quantitative estimate of drug-likeness (QED) is 0.586. The highest BCUT2D eigenvalue weighted by molar-refractivity contribution is 5.80. The van der Waals surface area contributed by atoms with E-state index in [4.69, 9.17) is 5.11 Å². The molecule has 0 saturated carbocycles. The number of nitrogens with zero attached hydrogens (tertiary/aromatic N) is 1. The molecule has 0 radical (unpaired) electrons. The van der Waals surface area contributed by atoms with Crippen LogP contribution in [0.4, 0.5) is 5.69 Å². The molecule has 3 rings (SSSR count). The lowest BCUT2D eigenvalue weighted by atomic mass is 10.2. The molecule has 1 aromatic heterocycles. The summed E-state index contributed by atoms with van der Waals surface area (Å²) in [5.41, 5.74) is 3.55. The van der Waals surface area contributed by atoms with Gasteiger partial charge in [-0.15, -0.1) is 0 Å². The number of aromatic amines is 1. The second kappa shape index (κ2) is 5.22. The molecule has 102 valence electrons. The SMILES string of the molecule is OCCNc1ccc(-c2nc3ccc(O)cc3[nH]2)cc1. The largest absolute Gasteiger partial charge is 0.508 e.